The van der Waals surface area contributed by atoms with Gasteiger partial charge in [0, 0.05) is 11.3 Å². The Labute approximate surface area is 141 Å². The van der Waals surface area contributed by atoms with E-state index in [0.717, 1.165) is 0 Å². The molecular weight excluding hydrogens is 321 g/mol. The van der Waals surface area contributed by atoms with E-state index in [2.05, 4.69) is 10.3 Å². The Morgan fingerprint density at radius 1 is 1.04 bits per heavy atom. The van der Waals surface area contributed by atoms with Gasteiger partial charge in [0.2, 0.25) is 5.89 Å². The third kappa shape index (κ3) is 3.14. The molecular formula is C18H8FN5O. The van der Waals surface area contributed by atoms with Crippen molar-refractivity contribution in [1.82, 2.24) is 4.98 Å². The molecule has 0 unspecified atom stereocenters. The smallest absolute Gasteiger partial charge is 0.227 e. The minimum absolute atomic E-state index is 0.154. The third-order valence-corrected chi connectivity index (χ3v) is 3.31. The van der Waals surface area contributed by atoms with Crippen LogP contribution in [0.5, 0.6) is 0 Å². The number of nitrogens with one attached hydrogen (secondary N) is 1. The normalized spacial score (nSPS) is 9.68. The van der Waals surface area contributed by atoms with Gasteiger partial charge in [0.25, 0.3) is 0 Å². The molecule has 1 N–H and O–H groups in total. The number of anilines is 1. The first-order valence-corrected chi connectivity index (χ1v) is 7.02. The molecule has 0 bridgehead atoms. The van der Waals surface area contributed by atoms with Crippen molar-refractivity contribution in [2.75, 3.05) is 5.32 Å². The van der Waals surface area contributed by atoms with Crippen LogP contribution in [0.4, 0.5) is 10.1 Å². The maximum Gasteiger partial charge on any atom is 0.227 e. The van der Waals surface area contributed by atoms with Crippen LogP contribution in [0, 0.1) is 39.8 Å². The summed E-state index contributed by atoms with van der Waals surface area (Å²) in [4.78, 5) is 4.30. The zero-order chi connectivity index (χ0) is 17.8. The van der Waals surface area contributed by atoms with Crippen molar-refractivity contribution < 1.29 is 8.81 Å². The molecule has 7 heteroatoms. The van der Waals surface area contributed by atoms with Crippen molar-refractivity contribution >= 4 is 16.8 Å². The van der Waals surface area contributed by atoms with Gasteiger partial charge in [-0.25, -0.2) is 9.37 Å². The zero-order valence-corrected chi connectivity index (χ0v) is 12.6. The molecule has 0 saturated heterocycles. The average molecular weight is 329 g/mol. The summed E-state index contributed by atoms with van der Waals surface area (Å²) < 4.78 is 18.9. The molecule has 3 aromatic rings. The van der Waals surface area contributed by atoms with E-state index in [1.165, 1.54) is 12.1 Å². The Morgan fingerprint density at radius 2 is 1.84 bits per heavy atom. The third-order valence-electron chi connectivity index (χ3n) is 3.31. The molecule has 0 aliphatic heterocycles. The Kier molecular flexibility index (Phi) is 4.11. The number of nitriles is 3. The van der Waals surface area contributed by atoms with Gasteiger partial charge < -0.3 is 9.73 Å². The van der Waals surface area contributed by atoms with E-state index in [-0.39, 0.29) is 17.2 Å². The van der Waals surface area contributed by atoms with Crippen molar-refractivity contribution in [3.63, 3.8) is 0 Å². The fourth-order valence-electron chi connectivity index (χ4n) is 2.18. The fraction of sp³-hybridized carbons (Fsp3) is 0. The Bertz CT molecular complexity index is 1110. The van der Waals surface area contributed by atoms with Crippen molar-refractivity contribution in [3.8, 4) is 29.7 Å². The highest BCUT2D eigenvalue weighted by atomic mass is 19.1. The van der Waals surface area contributed by atoms with E-state index in [1.54, 1.807) is 48.5 Å². The maximum absolute atomic E-state index is 13.3. The van der Waals surface area contributed by atoms with Crippen LogP contribution in [0.25, 0.3) is 22.6 Å². The SMILES string of the molecule is N#CC(C#N)=C(C#N)Nc1ccc2oc(-c3cccc(F)c3)nc2c1. The zero-order valence-electron chi connectivity index (χ0n) is 12.6. The van der Waals surface area contributed by atoms with Crippen LogP contribution < -0.4 is 5.32 Å². The molecule has 0 spiro atoms. The van der Waals surface area contributed by atoms with Crippen LogP contribution in [-0.4, -0.2) is 4.98 Å². The topological polar surface area (TPSA) is 109 Å². The summed E-state index contributed by atoms with van der Waals surface area (Å²) in [5.74, 6) is -0.135. The Morgan fingerprint density at radius 3 is 2.52 bits per heavy atom. The van der Waals surface area contributed by atoms with Crippen LogP contribution in [0.1, 0.15) is 0 Å². The lowest BCUT2D eigenvalue weighted by Gasteiger charge is -2.03. The Balaban J connectivity index is 1.99. The number of oxazole rings is 1. The second-order valence-electron chi connectivity index (χ2n) is 4.92. The van der Waals surface area contributed by atoms with Crippen molar-refractivity contribution in [3.05, 3.63) is 59.6 Å². The summed E-state index contributed by atoms with van der Waals surface area (Å²) >= 11 is 0. The molecule has 0 saturated carbocycles. The first-order chi connectivity index (χ1) is 12.1. The van der Waals surface area contributed by atoms with Gasteiger partial charge in [0.05, 0.1) is 0 Å². The lowest BCUT2D eigenvalue weighted by atomic mass is 10.2. The van der Waals surface area contributed by atoms with Crippen LogP contribution in [0.2, 0.25) is 0 Å². The quantitative estimate of drug-likeness (QED) is 0.730. The monoisotopic (exact) mass is 329 g/mol. The lowest BCUT2D eigenvalue weighted by molar-refractivity contribution is 0.611. The number of halogens is 1. The summed E-state index contributed by atoms with van der Waals surface area (Å²) in [5.41, 5.74) is 1.46. The molecule has 3 rings (SSSR count). The fourth-order valence-corrected chi connectivity index (χ4v) is 2.18. The number of rotatable bonds is 3. The highest BCUT2D eigenvalue weighted by Crippen LogP contribution is 2.27. The van der Waals surface area contributed by atoms with E-state index in [0.29, 0.717) is 22.4 Å². The van der Waals surface area contributed by atoms with Gasteiger partial charge in [-0.1, -0.05) is 6.07 Å². The van der Waals surface area contributed by atoms with E-state index >= 15 is 0 Å². The molecule has 0 aliphatic carbocycles. The molecule has 25 heavy (non-hydrogen) atoms. The van der Waals surface area contributed by atoms with Crippen LogP contribution in [-0.2, 0) is 0 Å². The molecule has 1 heterocycles. The van der Waals surface area contributed by atoms with Gasteiger partial charge in [-0.3, -0.25) is 0 Å². The summed E-state index contributed by atoms with van der Waals surface area (Å²) in [5, 5.41) is 29.5. The molecule has 2 aromatic carbocycles. The number of benzene rings is 2. The number of aromatic nitrogens is 1. The van der Waals surface area contributed by atoms with E-state index in [4.69, 9.17) is 20.2 Å². The standard InChI is InChI=1S/C18H8FN5O/c19-13-3-1-2-11(6-13)18-24-15-7-14(4-5-17(15)25-18)23-16(10-22)12(8-20)9-21/h1-7,23H. The van der Waals surface area contributed by atoms with Crippen molar-refractivity contribution in [2.24, 2.45) is 0 Å². The molecule has 6 nitrogen and oxygen atoms in total. The molecule has 1 aromatic heterocycles. The largest absolute Gasteiger partial charge is 0.436 e. The van der Waals surface area contributed by atoms with E-state index < -0.39 is 5.82 Å². The lowest BCUT2D eigenvalue weighted by Crippen LogP contribution is -2.00. The van der Waals surface area contributed by atoms with Gasteiger partial charge >= 0.3 is 0 Å². The van der Waals surface area contributed by atoms with Crippen LogP contribution in [0.15, 0.2) is 58.2 Å². The van der Waals surface area contributed by atoms with Gasteiger partial charge in [-0.05, 0) is 36.4 Å². The number of nitrogens with zero attached hydrogens (tertiary/aromatic N) is 4. The summed E-state index contributed by atoms with van der Waals surface area (Å²) in [7, 11) is 0. The highest BCUT2D eigenvalue weighted by molar-refractivity contribution is 5.80. The van der Waals surface area contributed by atoms with Crippen molar-refractivity contribution in [1.29, 1.82) is 15.8 Å². The van der Waals surface area contributed by atoms with E-state index in [9.17, 15) is 4.39 Å². The minimum atomic E-state index is -0.397. The highest BCUT2D eigenvalue weighted by Gasteiger charge is 2.11. The minimum Gasteiger partial charge on any atom is -0.436 e. The molecule has 0 fully saturated rings. The second kappa shape index (κ2) is 6.54. The van der Waals surface area contributed by atoms with Crippen LogP contribution in [0.3, 0.4) is 0 Å². The van der Waals surface area contributed by atoms with Gasteiger partial charge in [0.1, 0.15) is 35.2 Å². The summed E-state index contributed by atoms with van der Waals surface area (Å²) in [6, 6.07) is 15.8. The van der Waals surface area contributed by atoms with Gasteiger partial charge in [-0.2, -0.15) is 15.8 Å². The molecule has 0 radical (unpaired) electrons. The van der Waals surface area contributed by atoms with E-state index in [1.807, 2.05) is 0 Å². The first kappa shape index (κ1) is 15.7. The molecule has 118 valence electrons. The van der Waals surface area contributed by atoms with Gasteiger partial charge in [-0.15, -0.1) is 0 Å². The Hall–Kier alpha value is -4.15. The summed E-state index contributed by atoms with van der Waals surface area (Å²) in [6.45, 7) is 0. The number of hydrogen-bond acceptors (Lipinski definition) is 6. The number of hydrogen-bond donors (Lipinski definition) is 1. The number of fused-ring (bicyclic) bond motifs is 1. The molecule has 0 aliphatic rings. The second-order valence-corrected chi connectivity index (χ2v) is 4.92. The maximum atomic E-state index is 13.3. The van der Waals surface area contributed by atoms with Crippen LogP contribution >= 0.6 is 0 Å². The average Bonchev–Trinajstić information content (AvgIpc) is 3.05. The molecule has 0 atom stereocenters. The number of allylic oxidation sites excluding steroid dienone is 2. The van der Waals surface area contributed by atoms with Gasteiger partial charge in [0.15, 0.2) is 11.2 Å². The van der Waals surface area contributed by atoms with Crippen molar-refractivity contribution in [2.45, 2.75) is 0 Å². The summed E-state index contributed by atoms with van der Waals surface area (Å²) in [6.07, 6.45) is 0. The molecule has 0 amide bonds. The first-order valence-electron chi connectivity index (χ1n) is 7.02. The predicted molar refractivity (Wildman–Crippen MR) is 86.9 cm³/mol. The predicted octanol–water partition coefficient (Wildman–Crippen LogP) is 3.87.